The second-order valence-electron chi connectivity index (χ2n) is 7.40. The molecule has 0 bridgehead atoms. The lowest BCUT2D eigenvalue weighted by Crippen LogP contribution is -2.48. The number of carbonyl (C=O) groups is 3. The Kier molecular flexibility index (Phi) is 6.66. The number of carbonyl (C=O) groups excluding carboxylic acids is 3. The van der Waals surface area contributed by atoms with E-state index in [1.54, 1.807) is 51.1 Å². The van der Waals surface area contributed by atoms with Gasteiger partial charge in [-0.3, -0.25) is 9.69 Å². The van der Waals surface area contributed by atoms with E-state index in [1.165, 1.54) is 4.90 Å². The quantitative estimate of drug-likeness (QED) is 0.465. The van der Waals surface area contributed by atoms with E-state index in [0.717, 1.165) is 7.11 Å². The molecule has 152 valence electrons. The van der Waals surface area contributed by atoms with Gasteiger partial charge in [-0.25, -0.2) is 9.59 Å². The zero-order valence-corrected chi connectivity index (χ0v) is 16.5. The van der Waals surface area contributed by atoms with Crippen LogP contribution in [-0.2, 0) is 19.1 Å². The van der Waals surface area contributed by atoms with Crippen LogP contribution in [0.3, 0.4) is 0 Å². The van der Waals surface area contributed by atoms with Crippen molar-refractivity contribution >= 4 is 23.7 Å². The van der Waals surface area contributed by atoms with Crippen molar-refractivity contribution in [3.05, 3.63) is 41.6 Å². The topological polar surface area (TPSA) is 105 Å². The van der Waals surface area contributed by atoms with E-state index in [9.17, 15) is 19.5 Å². The van der Waals surface area contributed by atoms with Crippen molar-refractivity contribution in [2.45, 2.75) is 45.3 Å². The molecule has 28 heavy (non-hydrogen) atoms. The van der Waals surface area contributed by atoms with E-state index in [4.69, 9.17) is 4.74 Å². The van der Waals surface area contributed by atoms with Crippen LogP contribution in [0.15, 0.2) is 36.0 Å². The van der Waals surface area contributed by atoms with Gasteiger partial charge in [-0.2, -0.15) is 0 Å². The van der Waals surface area contributed by atoms with Crippen LogP contribution < -0.4 is 5.32 Å². The average Bonchev–Trinajstić information content (AvgIpc) is 3.14. The van der Waals surface area contributed by atoms with Gasteiger partial charge < -0.3 is 19.9 Å². The summed E-state index contributed by atoms with van der Waals surface area (Å²) in [5, 5.41) is 12.9. The van der Waals surface area contributed by atoms with E-state index < -0.39 is 35.4 Å². The summed E-state index contributed by atoms with van der Waals surface area (Å²) in [4.78, 5) is 38.6. The van der Waals surface area contributed by atoms with Crippen LogP contribution in [0.4, 0.5) is 4.79 Å². The van der Waals surface area contributed by atoms with Gasteiger partial charge >= 0.3 is 12.1 Å². The van der Waals surface area contributed by atoms with Gasteiger partial charge in [0, 0.05) is 12.1 Å². The molecule has 8 heteroatoms. The zero-order valence-electron chi connectivity index (χ0n) is 16.5. The van der Waals surface area contributed by atoms with E-state index >= 15 is 0 Å². The molecule has 2 N–H and O–H groups in total. The molecule has 0 aliphatic carbocycles. The molecule has 0 aromatic heterocycles. The number of aliphatic hydroxyl groups excluding tert-OH is 1. The Hall–Kier alpha value is -3.03. The van der Waals surface area contributed by atoms with Crippen LogP contribution in [0.5, 0.6) is 0 Å². The predicted molar refractivity (Wildman–Crippen MR) is 102 cm³/mol. The number of amides is 2. The second kappa shape index (κ2) is 8.77. The number of nitrogens with zero attached hydrogens (tertiary/aromatic N) is 1. The maximum absolute atomic E-state index is 12.8. The minimum atomic E-state index is -0.892. The summed E-state index contributed by atoms with van der Waals surface area (Å²) in [6.45, 7) is 5.60. The number of nitrogens with one attached hydrogen (secondary N) is 1. The number of rotatable bonds is 4. The maximum Gasteiger partial charge on any atom is 0.410 e. The fourth-order valence-electron chi connectivity index (χ4n) is 2.83. The highest BCUT2D eigenvalue weighted by Crippen LogP contribution is 2.22. The summed E-state index contributed by atoms with van der Waals surface area (Å²) in [6.07, 6.45) is 0.450. The molecule has 2 rings (SSSR count). The number of esters is 1. The van der Waals surface area contributed by atoms with Gasteiger partial charge in [0.05, 0.1) is 7.11 Å². The molecule has 0 unspecified atom stereocenters. The van der Waals surface area contributed by atoms with Crippen molar-refractivity contribution in [2.24, 2.45) is 0 Å². The minimum Gasteiger partial charge on any atom is -0.505 e. The molecule has 1 aliphatic heterocycles. The van der Waals surface area contributed by atoms with Gasteiger partial charge in [-0.15, -0.1) is 0 Å². The highest BCUT2D eigenvalue weighted by Gasteiger charge is 2.37. The Morgan fingerprint density at radius 2 is 1.82 bits per heavy atom. The first-order valence-electron chi connectivity index (χ1n) is 9.01. The van der Waals surface area contributed by atoms with Crippen molar-refractivity contribution in [3.8, 4) is 0 Å². The van der Waals surface area contributed by atoms with Crippen LogP contribution >= 0.6 is 0 Å². The van der Waals surface area contributed by atoms with Gasteiger partial charge in [0.1, 0.15) is 11.6 Å². The lowest BCUT2D eigenvalue weighted by molar-refractivity contribution is -0.138. The lowest BCUT2D eigenvalue weighted by Gasteiger charge is -2.28. The van der Waals surface area contributed by atoms with Crippen LogP contribution in [0.25, 0.3) is 5.76 Å². The first-order valence-corrected chi connectivity index (χ1v) is 9.01. The summed E-state index contributed by atoms with van der Waals surface area (Å²) in [6, 6.07) is 7.50. The molecule has 1 heterocycles. The number of benzene rings is 1. The Balaban J connectivity index is 2.24. The van der Waals surface area contributed by atoms with E-state index in [2.05, 4.69) is 10.1 Å². The normalized spacial score (nSPS) is 17.6. The summed E-state index contributed by atoms with van der Waals surface area (Å²) in [5.74, 6) is -1.90. The first kappa shape index (κ1) is 21.3. The summed E-state index contributed by atoms with van der Waals surface area (Å²) >= 11 is 0. The van der Waals surface area contributed by atoms with Gasteiger partial charge in [0.25, 0.3) is 0 Å². The largest absolute Gasteiger partial charge is 0.505 e. The first-order chi connectivity index (χ1) is 13.1. The van der Waals surface area contributed by atoms with Crippen molar-refractivity contribution in [1.82, 2.24) is 10.2 Å². The lowest BCUT2D eigenvalue weighted by atomic mass is 10.1. The van der Waals surface area contributed by atoms with E-state index in [1.807, 2.05) is 0 Å². The molecular formula is C20H26N2O6. The van der Waals surface area contributed by atoms with Gasteiger partial charge in [-0.05, 0) is 33.6 Å². The van der Waals surface area contributed by atoms with Crippen LogP contribution in [0.2, 0.25) is 0 Å². The minimum absolute atomic E-state index is 0.346. The predicted octanol–water partition coefficient (Wildman–Crippen LogP) is 2.60. The Morgan fingerprint density at radius 3 is 2.39 bits per heavy atom. The third kappa shape index (κ3) is 5.25. The van der Waals surface area contributed by atoms with Crippen molar-refractivity contribution in [3.63, 3.8) is 0 Å². The molecule has 8 nitrogen and oxygen atoms in total. The summed E-state index contributed by atoms with van der Waals surface area (Å²) in [7, 11) is 1.15. The molecule has 0 saturated carbocycles. The average molecular weight is 390 g/mol. The molecule has 1 atom stereocenters. The number of likely N-dealkylation sites (tertiary alicyclic amines) is 1. The third-order valence-electron chi connectivity index (χ3n) is 4.11. The third-order valence-corrected chi connectivity index (χ3v) is 4.11. The zero-order chi connectivity index (χ0) is 20.9. The molecule has 2 amide bonds. The highest BCUT2D eigenvalue weighted by molar-refractivity contribution is 6.01. The molecule has 1 fully saturated rings. The van der Waals surface area contributed by atoms with E-state index in [-0.39, 0.29) is 5.70 Å². The summed E-state index contributed by atoms with van der Waals surface area (Å²) < 4.78 is 10.0. The Labute approximate surface area is 164 Å². The van der Waals surface area contributed by atoms with Crippen molar-refractivity contribution < 1.29 is 29.0 Å². The summed E-state index contributed by atoms with van der Waals surface area (Å²) in [5.41, 5.74) is -0.725. The fraction of sp³-hybridized carbons (Fsp3) is 0.450. The highest BCUT2D eigenvalue weighted by atomic mass is 16.6. The van der Waals surface area contributed by atoms with Crippen LogP contribution in [-0.4, -0.2) is 53.3 Å². The standard InChI is InChI=1S/C20H26N2O6/c1-20(2,3)28-19(26)22-12-8-11-14(22)17(24)21-15(18(25)27-4)16(23)13-9-6-5-7-10-13/h5-7,9-10,14,23H,8,11-12H2,1-4H3,(H,21,24)/t14-/m0/s1. The molecule has 0 spiro atoms. The number of ether oxygens (including phenoxy) is 2. The fourth-order valence-corrected chi connectivity index (χ4v) is 2.83. The SMILES string of the molecule is COC(=O)C(NC(=O)[C@@H]1CCCN1C(=O)OC(C)(C)C)=C(O)c1ccccc1. The van der Waals surface area contributed by atoms with Gasteiger partial charge in [-0.1, -0.05) is 30.3 Å². The second-order valence-corrected chi connectivity index (χ2v) is 7.40. The Bertz CT molecular complexity index is 767. The smallest absolute Gasteiger partial charge is 0.410 e. The number of hydrogen-bond acceptors (Lipinski definition) is 6. The Morgan fingerprint density at radius 1 is 1.18 bits per heavy atom. The van der Waals surface area contributed by atoms with E-state index in [0.29, 0.717) is 24.9 Å². The molecule has 1 aromatic rings. The maximum atomic E-state index is 12.8. The van der Waals surface area contributed by atoms with Gasteiger partial charge in [0.15, 0.2) is 11.5 Å². The molecule has 0 radical (unpaired) electrons. The number of hydrogen-bond donors (Lipinski definition) is 2. The number of methoxy groups -OCH3 is 1. The monoisotopic (exact) mass is 390 g/mol. The van der Waals surface area contributed by atoms with Crippen LogP contribution in [0.1, 0.15) is 39.2 Å². The molecule has 1 aliphatic rings. The van der Waals surface area contributed by atoms with Gasteiger partial charge in [0.2, 0.25) is 5.91 Å². The number of aliphatic hydroxyl groups is 1. The van der Waals surface area contributed by atoms with Crippen LogP contribution in [0, 0.1) is 0 Å². The van der Waals surface area contributed by atoms with Crippen molar-refractivity contribution in [1.29, 1.82) is 0 Å². The molecule has 1 saturated heterocycles. The van der Waals surface area contributed by atoms with Crippen molar-refractivity contribution in [2.75, 3.05) is 13.7 Å². The molecule has 1 aromatic carbocycles. The molecular weight excluding hydrogens is 364 g/mol.